The van der Waals surface area contributed by atoms with E-state index in [4.69, 9.17) is 0 Å². The first-order valence-corrected chi connectivity index (χ1v) is 9.59. The smallest absolute Gasteiger partial charge is 0.357 e. The van der Waals surface area contributed by atoms with Crippen molar-refractivity contribution in [2.45, 2.75) is 57.8 Å². The highest BCUT2D eigenvalue weighted by atomic mass is 127. The number of carbonyl (C=O) groups excluding carboxylic acids is 1. The van der Waals surface area contributed by atoms with Crippen LogP contribution in [-0.4, -0.2) is 36.0 Å². The van der Waals surface area contributed by atoms with Gasteiger partial charge in [-0.3, -0.25) is 4.79 Å². The van der Waals surface area contributed by atoms with Crippen LogP contribution >= 0.6 is 35.3 Å². The quantitative estimate of drug-likeness (QED) is 0.294. The zero-order valence-electron chi connectivity index (χ0n) is 15.1. The lowest BCUT2D eigenvalue weighted by Gasteiger charge is -2.13. The molecule has 0 radical (unpaired) electrons. The molecule has 6 nitrogen and oxygen atoms in total. The van der Waals surface area contributed by atoms with Crippen molar-refractivity contribution in [3.8, 4) is 0 Å². The van der Waals surface area contributed by atoms with Gasteiger partial charge in [-0.1, -0.05) is 12.8 Å². The SMILES string of the molecule is CCNC(=NCc1nc(C(F)(F)F)cs1)NCCC(=O)NC1CCCC1.I. The average Bonchev–Trinajstić information content (AvgIpc) is 3.23. The maximum absolute atomic E-state index is 12.6. The van der Waals surface area contributed by atoms with Crippen LogP contribution in [0.4, 0.5) is 13.2 Å². The number of nitrogens with one attached hydrogen (secondary N) is 3. The molecule has 0 aliphatic heterocycles. The third kappa shape index (κ3) is 8.62. The van der Waals surface area contributed by atoms with Gasteiger partial charge in [-0.2, -0.15) is 13.2 Å². The Hall–Kier alpha value is -1.11. The summed E-state index contributed by atoms with van der Waals surface area (Å²) in [6.07, 6.45) is 0.277. The van der Waals surface area contributed by atoms with Gasteiger partial charge in [-0.15, -0.1) is 35.3 Å². The number of nitrogens with zero attached hydrogens (tertiary/aromatic N) is 2. The lowest BCUT2D eigenvalue weighted by molar-refractivity contribution is -0.140. The van der Waals surface area contributed by atoms with Crippen LogP contribution in [0.2, 0.25) is 0 Å². The number of halogens is 4. The Labute approximate surface area is 177 Å². The van der Waals surface area contributed by atoms with Gasteiger partial charge in [0.15, 0.2) is 11.7 Å². The van der Waals surface area contributed by atoms with Gasteiger partial charge in [0, 0.05) is 30.9 Å². The summed E-state index contributed by atoms with van der Waals surface area (Å²) in [5.41, 5.74) is -0.894. The Balaban J connectivity index is 0.00000364. The second-order valence-corrected chi connectivity index (χ2v) is 6.99. The third-order valence-electron chi connectivity index (χ3n) is 3.92. The van der Waals surface area contributed by atoms with Crippen LogP contribution in [0.15, 0.2) is 10.4 Å². The molecule has 1 aliphatic rings. The Bertz CT molecular complexity index is 617. The minimum absolute atomic E-state index is 0. The van der Waals surface area contributed by atoms with E-state index >= 15 is 0 Å². The molecule has 1 amide bonds. The number of hydrogen-bond donors (Lipinski definition) is 3. The molecule has 1 aromatic heterocycles. The summed E-state index contributed by atoms with van der Waals surface area (Å²) < 4.78 is 37.7. The lowest BCUT2D eigenvalue weighted by Crippen LogP contribution is -2.40. The van der Waals surface area contributed by atoms with Crippen molar-refractivity contribution in [3.63, 3.8) is 0 Å². The van der Waals surface area contributed by atoms with Gasteiger partial charge in [0.1, 0.15) is 5.01 Å². The number of hydrogen-bond acceptors (Lipinski definition) is 4. The van der Waals surface area contributed by atoms with E-state index in [0.717, 1.165) is 42.4 Å². The number of amides is 1. The molecule has 0 bridgehead atoms. The first-order valence-electron chi connectivity index (χ1n) is 8.71. The second-order valence-electron chi connectivity index (χ2n) is 6.05. The molecule has 154 valence electrons. The van der Waals surface area contributed by atoms with Crippen molar-refractivity contribution in [3.05, 3.63) is 16.1 Å². The Morgan fingerprint density at radius 3 is 2.63 bits per heavy atom. The minimum Gasteiger partial charge on any atom is -0.357 e. The number of aliphatic imine (C=N–C) groups is 1. The Morgan fingerprint density at radius 1 is 1.33 bits per heavy atom. The molecule has 0 saturated heterocycles. The summed E-state index contributed by atoms with van der Waals surface area (Å²) in [5.74, 6) is 0.444. The van der Waals surface area contributed by atoms with Crippen molar-refractivity contribution >= 4 is 47.2 Å². The van der Waals surface area contributed by atoms with E-state index in [-0.39, 0.29) is 47.5 Å². The summed E-state index contributed by atoms with van der Waals surface area (Å²) in [5, 5.41) is 10.3. The van der Waals surface area contributed by atoms with E-state index < -0.39 is 11.9 Å². The third-order valence-corrected chi connectivity index (χ3v) is 4.76. The van der Waals surface area contributed by atoms with Crippen molar-refractivity contribution in [2.75, 3.05) is 13.1 Å². The van der Waals surface area contributed by atoms with E-state index in [0.29, 0.717) is 25.5 Å². The molecule has 1 heterocycles. The average molecular weight is 519 g/mol. The highest BCUT2D eigenvalue weighted by Gasteiger charge is 2.33. The van der Waals surface area contributed by atoms with E-state index in [1.165, 1.54) is 0 Å². The summed E-state index contributed by atoms with van der Waals surface area (Å²) in [7, 11) is 0. The number of thiazole rings is 1. The van der Waals surface area contributed by atoms with Crippen LogP contribution in [0.3, 0.4) is 0 Å². The fourth-order valence-corrected chi connectivity index (χ4v) is 3.39. The molecule has 3 N–H and O–H groups in total. The van der Waals surface area contributed by atoms with E-state index in [1.54, 1.807) is 0 Å². The van der Waals surface area contributed by atoms with Gasteiger partial charge >= 0.3 is 6.18 Å². The first-order chi connectivity index (χ1) is 12.4. The zero-order chi connectivity index (χ0) is 19.0. The predicted octanol–water partition coefficient (Wildman–Crippen LogP) is 3.28. The molecule has 0 atom stereocenters. The largest absolute Gasteiger partial charge is 0.434 e. The topological polar surface area (TPSA) is 78.4 Å². The molecule has 27 heavy (non-hydrogen) atoms. The molecule has 0 aromatic carbocycles. The molecule has 1 fully saturated rings. The Kier molecular flexibility index (Phi) is 10.3. The number of guanidine groups is 1. The number of rotatable bonds is 7. The van der Waals surface area contributed by atoms with Crippen molar-refractivity contribution < 1.29 is 18.0 Å². The van der Waals surface area contributed by atoms with Crippen molar-refractivity contribution in [1.82, 2.24) is 20.9 Å². The molecule has 1 saturated carbocycles. The summed E-state index contributed by atoms with van der Waals surface area (Å²) >= 11 is 0.925. The Morgan fingerprint density at radius 2 is 2.04 bits per heavy atom. The summed E-state index contributed by atoms with van der Waals surface area (Å²) in [6.45, 7) is 2.93. The predicted molar refractivity (Wildman–Crippen MR) is 110 cm³/mol. The van der Waals surface area contributed by atoms with Crippen LogP contribution in [0, 0.1) is 0 Å². The van der Waals surface area contributed by atoms with E-state index in [1.807, 2.05) is 6.92 Å². The highest BCUT2D eigenvalue weighted by molar-refractivity contribution is 14.0. The van der Waals surface area contributed by atoms with Crippen molar-refractivity contribution in [1.29, 1.82) is 0 Å². The second kappa shape index (κ2) is 11.7. The number of alkyl halides is 3. The van der Waals surface area contributed by atoms with Crippen LogP contribution < -0.4 is 16.0 Å². The standard InChI is InChI=1S/C16H24F3N5OS.HI/c1-2-20-15(21-8-7-13(25)23-11-5-3-4-6-11)22-9-14-24-12(10-26-14)16(17,18)19;/h10-11H,2-9H2,1H3,(H,23,25)(H2,20,21,22);1H. The van der Waals surface area contributed by atoms with Crippen LogP contribution in [0.25, 0.3) is 0 Å². The van der Waals surface area contributed by atoms with E-state index in [9.17, 15) is 18.0 Å². The monoisotopic (exact) mass is 519 g/mol. The normalized spacial score (nSPS) is 15.3. The molecule has 0 unspecified atom stereocenters. The fourth-order valence-electron chi connectivity index (χ4n) is 2.67. The molecule has 11 heteroatoms. The molecule has 1 aliphatic carbocycles. The number of carbonyl (C=O) groups is 1. The zero-order valence-corrected chi connectivity index (χ0v) is 18.2. The fraction of sp³-hybridized carbons (Fsp3) is 0.688. The molecular weight excluding hydrogens is 494 g/mol. The van der Waals surface area contributed by atoms with Gasteiger partial charge in [-0.25, -0.2) is 9.98 Å². The maximum Gasteiger partial charge on any atom is 0.434 e. The van der Waals surface area contributed by atoms with Gasteiger partial charge in [0.05, 0.1) is 6.54 Å². The van der Waals surface area contributed by atoms with Crippen LogP contribution in [0.5, 0.6) is 0 Å². The summed E-state index contributed by atoms with van der Waals surface area (Å²) in [4.78, 5) is 19.7. The van der Waals surface area contributed by atoms with Gasteiger partial charge in [0.2, 0.25) is 5.91 Å². The maximum atomic E-state index is 12.6. The first kappa shape index (κ1) is 23.9. The highest BCUT2D eigenvalue weighted by Crippen LogP contribution is 2.30. The minimum atomic E-state index is -4.44. The van der Waals surface area contributed by atoms with Gasteiger partial charge in [0.25, 0.3) is 0 Å². The summed E-state index contributed by atoms with van der Waals surface area (Å²) in [6, 6.07) is 0.289. The lowest BCUT2D eigenvalue weighted by atomic mass is 10.2. The molecule has 1 aromatic rings. The molecule has 0 spiro atoms. The van der Waals surface area contributed by atoms with Crippen molar-refractivity contribution in [2.24, 2.45) is 4.99 Å². The van der Waals surface area contributed by atoms with E-state index in [2.05, 4.69) is 25.9 Å². The van der Waals surface area contributed by atoms with Crippen LogP contribution in [0.1, 0.15) is 49.7 Å². The molecular formula is C16H25F3IN5OS. The van der Waals surface area contributed by atoms with Gasteiger partial charge in [-0.05, 0) is 19.8 Å². The van der Waals surface area contributed by atoms with Gasteiger partial charge < -0.3 is 16.0 Å². The van der Waals surface area contributed by atoms with Crippen LogP contribution in [-0.2, 0) is 17.5 Å². The number of aromatic nitrogens is 1. The molecule has 2 rings (SSSR count).